The van der Waals surface area contributed by atoms with E-state index < -0.39 is 0 Å². The number of carbonyl (C=O) groups excluding carboxylic acids is 1. The molecule has 1 saturated heterocycles. The van der Waals surface area contributed by atoms with Crippen molar-refractivity contribution in [2.75, 3.05) is 6.54 Å². The van der Waals surface area contributed by atoms with E-state index in [1.807, 2.05) is 4.90 Å². The number of hydrogen-bond acceptors (Lipinski definition) is 5. The summed E-state index contributed by atoms with van der Waals surface area (Å²) in [5.74, 6) is 0.658. The largest absolute Gasteiger partial charge is 0.393 e. The third-order valence-corrected chi connectivity index (χ3v) is 4.49. The molecule has 21 heavy (non-hydrogen) atoms. The van der Waals surface area contributed by atoms with Gasteiger partial charge in [-0.3, -0.25) is 4.79 Å². The van der Waals surface area contributed by atoms with Gasteiger partial charge in [-0.25, -0.2) is 4.98 Å². The van der Waals surface area contributed by atoms with E-state index in [0.29, 0.717) is 36.3 Å². The van der Waals surface area contributed by atoms with Crippen LogP contribution in [-0.4, -0.2) is 44.7 Å². The first-order chi connectivity index (χ1) is 10.2. The Hall–Kier alpha value is -1.95. The van der Waals surface area contributed by atoms with E-state index in [2.05, 4.69) is 10.1 Å². The summed E-state index contributed by atoms with van der Waals surface area (Å²) in [4.78, 5) is 18.8. The molecule has 1 aliphatic carbocycles. The highest BCUT2D eigenvalue weighted by molar-refractivity contribution is 6.02. The molecule has 6 heteroatoms. The molecule has 0 aromatic carbocycles. The molecule has 1 saturated carbocycles. The number of rotatable bonds is 2. The predicted molar refractivity (Wildman–Crippen MR) is 74.6 cm³/mol. The molecule has 1 aliphatic heterocycles. The topological polar surface area (TPSA) is 79.5 Å². The van der Waals surface area contributed by atoms with E-state index in [1.54, 1.807) is 18.3 Å². The Morgan fingerprint density at radius 3 is 3.05 bits per heavy atom. The molecule has 0 bridgehead atoms. The summed E-state index contributed by atoms with van der Waals surface area (Å²) in [6.45, 7) is 0.573. The Bertz CT molecular complexity index is 680. The number of nitrogens with zero attached hydrogens (tertiary/aromatic N) is 3. The minimum Gasteiger partial charge on any atom is -0.393 e. The molecule has 1 N–H and O–H groups in total. The van der Waals surface area contributed by atoms with Crippen molar-refractivity contribution in [2.45, 2.75) is 37.8 Å². The molecule has 110 valence electrons. The Labute approximate surface area is 121 Å². The van der Waals surface area contributed by atoms with Crippen LogP contribution in [0.25, 0.3) is 11.0 Å². The van der Waals surface area contributed by atoms with Crippen molar-refractivity contribution in [3.05, 3.63) is 24.1 Å². The van der Waals surface area contributed by atoms with Crippen LogP contribution in [-0.2, 0) is 0 Å². The molecule has 2 aromatic rings. The van der Waals surface area contributed by atoms with E-state index in [4.69, 9.17) is 4.52 Å². The minimum absolute atomic E-state index is 0.123. The zero-order valence-electron chi connectivity index (χ0n) is 11.6. The smallest absolute Gasteiger partial charge is 0.293 e. The average Bonchev–Trinajstić information content (AvgIpc) is 3.26. The summed E-state index contributed by atoms with van der Waals surface area (Å²) >= 11 is 0. The molecule has 2 fully saturated rings. The summed E-state index contributed by atoms with van der Waals surface area (Å²) in [5, 5.41) is 14.4. The van der Waals surface area contributed by atoms with E-state index in [-0.39, 0.29) is 23.8 Å². The van der Waals surface area contributed by atoms with Gasteiger partial charge in [-0.05, 0) is 43.7 Å². The third-order valence-electron chi connectivity index (χ3n) is 4.49. The molecule has 0 unspecified atom stereocenters. The van der Waals surface area contributed by atoms with Crippen LogP contribution in [0.1, 0.15) is 36.2 Å². The normalized spacial score (nSPS) is 26.2. The van der Waals surface area contributed by atoms with Crippen LogP contribution in [0, 0.1) is 5.92 Å². The van der Waals surface area contributed by atoms with Crippen LogP contribution in [0.3, 0.4) is 0 Å². The van der Waals surface area contributed by atoms with Crippen molar-refractivity contribution in [3.63, 3.8) is 0 Å². The number of aromatic nitrogens is 2. The van der Waals surface area contributed by atoms with Crippen molar-refractivity contribution in [1.29, 1.82) is 0 Å². The maximum Gasteiger partial charge on any atom is 0.293 e. The fourth-order valence-electron chi connectivity index (χ4n) is 3.23. The van der Waals surface area contributed by atoms with E-state index >= 15 is 0 Å². The molecule has 2 aliphatic rings. The second-order valence-electron chi connectivity index (χ2n) is 5.97. The number of amides is 1. The highest BCUT2D eigenvalue weighted by Gasteiger charge is 2.42. The Balaban J connectivity index is 1.66. The first kappa shape index (κ1) is 12.8. The molecule has 0 radical (unpaired) electrons. The first-order valence-corrected chi connectivity index (χ1v) is 7.43. The predicted octanol–water partition coefficient (Wildman–Crippen LogP) is 1.60. The fourth-order valence-corrected chi connectivity index (χ4v) is 3.23. The Morgan fingerprint density at radius 2 is 2.24 bits per heavy atom. The number of aliphatic hydroxyl groups is 1. The van der Waals surface area contributed by atoms with Gasteiger partial charge in [0.15, 0.2) is 0 Å². The van der Waals surface area contributed by atoms with Gasteiger partial charge in [0.25, 0.3) is 5.91 Å². The standard InChI is InChI=1S/C15H17N3O3/c19-10-5-7-18(12(8-10)9-3-4-9)15(20)13-11-2-1-6-16-14(11)17-21-13/h1-2,6,9-10,12,19H,3-5,7-8H2/t10-,12-/m1/s1. The van der Waals surface area contributed by atoms with Crippen molar-refractivity contribution >= 4 is 16.9 Å². The molecule has 2 aromatic heterocycles. The van der Waals surface area contributed by atoms with Gasteiger partial charge < -0.3 is 14.5 Å². The Morgan fingerprint density at radius 1 is 1.38 bits per heavy atom. The van der Waals surface area contributed by atoms with Crippen LogP contribution in [0.15, 0.2) is 22.9 Å². The number of piperidine rings is 1. The lowest BCUT2D eigenvalue weighted by atomic mass is 9.95. The molecular weight excluding hydrogens is 270 g/mol. The van der Waals surface area contributed by atoms with Gasteiger partial charge in [-0.1, -0.05) is 5.16 Å². The van der Waals surface area contributed by atoms with Crippen LogP contribution in [0.4, 0.5) is 0 Å². The summed E-state index contributed by atoms with van der Waals surface area (Å²) in [6.07, 6.45) is 4.90. The molecule has 2 atom stereocenters. The third kappa shape index (κ3) is 2.19. The van der Waals surface area contributed by atoms with Gasteiger partial charge >= 0.3 is 0 Å². The maximum absolute atomic E-state index is 12.8. The summed E-state index contributed by atoms with van der Waals surface area (Å²) in [6, 6.07) is 3.70. The lowest BCUT2D eigenvalue weighted by molar-refractivity contribution is 0.0244. The van der Waals surface area contributed by atoms with Crippen LogP contribution >= 0.6 is 0 Å². The van der Waals surface area contributed by atoms with Crippen LogP contribution < -0.4 is 0 Å². The van der Waals surface area contributed by atoms with Gasteiger partial charge in [-0.2, -0.15) is 0 Å². The Kier molecular flexibility index (Phi) is 2.92. The number of pyridine rings is 1. The minimum atomic E-state index is -0.298. The van der Waals surface area contributed by atoms with E-state index in [1.165, 1.54) is 0 Å². The molecule has 3 heterocycles. The molecule has 4 rings (SSSR count). The number of aliphatic hydroxyl groups excluding tert-OH is 1. The first-order valence-electron chi connectivity index (χ1n) is 7.43. The van der Waals surface area contributed by atoms with Gasteiger partial charge in [0, 0.05) is 18.8 Å². The summed E-state index contributed by atoms with van der Waals surface area (Å²) < 4.78 is 5.24. The molecule has 0 spiro atoms. The zero-order chi connectivity index (χ0) is 14.4. The second-order valence-corrected chi connectivity index (χ2v) is 5.97. The highest BCUT2D eigenvalue weighted by atomic mass is 16.5. The number of likely N-dealkylation sites (tertiary alicyclic amines) is 1. The van der Waals surface area contributed by atoms with Crippen molar-refractivity contribution in [2.24, 2.45) is 5.92 Å². The number of fused-ring (bicyclic) bond motifs is 1. The summed E-state index contributed by atoms with van der Waals surface area (Å²) in [7, 11) is 0. The van der Waals surface area contributed by atoms with Crippen molar-refractivity contribution in [3.8, 4) is 0 Å². The van der Waals surface area contributed by atoms with Gasteiger partial charge in [0.05, 0.1) is 11.5 Å². The molecule has 1 amide bonds. The van der Waals surface area contributed by atoms with E-state index in [0.717, 1.165) is 12.8 Å². The SMILES string of the molecule is O=C(c1onc2ncccc12)N1CC[C@@H](O)C[C@@H]1C1CC1. The maximum atomic E-state index is 12.8. The lowest BCUT2D eigenvalue weighted by Gasteiger charge is -2.37. The highest BCUT2D eigenvalue weighted by Crippen LogP contribution is 2.40. The van der Waals surface area contributed by atoms with E-state index in [9.17, 15) is 9.90 Å². The molecule has 6 nitrogen and oxygen atoms in total. The fraction of sp³-hybridized carbons (Fsp3) is 0.533. The molecular formula is C15H17N3O3. The number of hydrogen-bond donors (Lipinski definition) is 1. The van der Waals surface area contributed by atoms with Crippen molar-refractivity contribution < 1.29 is 14.4 Å². The quantitative estimate of drug-likeness (QED) is 0.907. The lowest BCUT2D eigenvalue weighted by Crippen LogP contribution is -2.48. The second kappa shape index (κ2) is 4.80. The average molecular weight is 287 g/mol. The van der Waals surface area contributed by atoms with Gasteiger partial charge in [0.1, 0.15) is 0 Å². The monoisotopic (exact) mass is 287 g/mol. The van der Waals surface area contributed by atoms with Crippen LogP contribution in [0.2, 0.25) is 0 Å². The van der Waals surface area contributed by atoms with Crippen LogP contribution in [0.5, 0.6) is 0 Å². The number of carbonyl (C=O) groups is 1. The van der Waals surface area contributed by atoms with Gasteiger partial charge in [-0.15, -0.1) is 0 Å². The van der Waals surface area contributed by atoms with Gasteiger partial charge in [0.2, 0.25) is 11.4 Å². The van der Waals surface area contributed by atoms with Crippen molar-refractivity contribution in [1.82, 2.24) is 15.0 Å². The zero-order valence-corrected chi connectivity index (χ0v) is 11.6. The summed E-state index contributed by atoms with van der Waals surface area (Å²) in [5.41, 5.74) is 0.459.